The van der Waals surface area contributed by atoms with E-state index in [4.69, 9.17) is 4.74 Å². The Morgan fingerprint density at radius 3 is 2.79 bits per heavy atom. The molecule has 2 heterocycles. The van der Waals surface area contributed by atoms with Crippen molar-refractivity contribution in [3.63, 3.8) is 0 Å². The molecule has 2 aromatic heterocycles. The van der Waals surface area contributed by atoms with Gasteiger partial charge in [-0.3, -0.25) is 9.48 Å². The van der Waals surface area contributed by atoms with Crippen molar-refractivity contribution >= 4 is 17.6 Å². The summed E-state index contributed by atoms with van der Waals surface area (Å²) in [6.45, 7) is 3.44. The highest BCUT2D eigenvalue weighted by Gasteiger charge is 2.21. The molecule has 182 valence electrons. The molecule has 0 aliphatic carbocycles. The molecule has 0 unspecified atom stereocenters. The van der Waals surface area contributed by atoms with E-state index in [2.05, 4.69) is 15.6 Å². The van der Waals surface area contributed by atoms with Gasteiger partial charge in [-0.2, -0.15) is 0 Å². The number of nitrogens with zero attached hydrogens (tertiary/aromatic N) is 5. The molecule has 0 saturated heterocycles. The monoisotopic (exact) mass is 468 g/mol. The Kier molecular flexibility index (Phi) is 8.66. The largest absolute Gasteiger partial charge is 0.493 e. The molecule has 0 saturated carbocycles. The molecule has 1 atom stereocenters. The fourth-order valence-corrected chi connectivity index (χ4v) is 3.50. The van der Waals surface area contributed by atoms with Crippen molar-refractivity contribution in [2.45, 2.75) is 45.3 Å². The normalized spacial score (nSPS) is 11.7. The zero-order chi connectivity index (χ0) is 24.5. The zero-order valence-corrected chi connectivity index (χ0v) is 19.8. The second-order valence-electron chi connectivity index (χ2n) is 8.24. The van der Waals surface area contributed by atoms with Crippen molar-refractivity contribution in [3.05, 3.63) is 60.2 Å². The third kappa shape index (κ3) is 6.84. The van der Waals surface area contributed by atoms with Crippen molar-refractivity contribution in [1.29, 1.82) is 0 Å². The van der Waals surface area contributed by atoms with Crippen molar-refractivity contribution in [2.75, 3.05) is 25.6 Å². The predicted molar refractivity (Wildman–Crippen MR) is 128 cm³/mol. The van der Waals surface area contributed by atoms with Crippen molar-refractivity contribution in [2.24, 2.45) is 0 Å². The summed E-state index contributed by atoms with van der Waals surface area (Å²) in [5, 5.41) is 20.2. The number of anilines is 1. The number of hydrogen-bond acceptors (Lipinski definition) is 6. The smallest absolute Gasteiger partial charge is 0.326 e. The Labute approximate surface area is 199 Å². The summed E-state index contributed by atoms with van der Waals surface area (Å²) in [6.07, 6.45) is 5.40. The molecule has 10 heteroatoms. The standard InChI is InChI=1S/C24H32N6O4/c1-4-8-21(24(32)33)25-23(31)22-11-6-12-29(22)16-18-17-30(27-26-18)13-7-14-34-20-10-5-9-19(15-20)28(2)3/h5-6,9-12,15,17,21H,4,7-8,13-14,16H2,1-3H3,(H,25,31)(H,32,33)/t21-/m0/s1. The Bertz CT molecular complexity index is 1090. The van der Waals surface area contributed by atoms with E-state index < -0.39 is 17.9 Å². The first-order valence-corrected chi connectivity index (χ1v) is 11.4. The topological polar surface area (TPSA) is 115 Å². The number of carboxylic acid groups (broad SMARTS) is 1. The maximum Gasteiger partial charge on any atom is 0.326 e. The number of ether oxygens (including phenoxy) is 1. The number of hydrogen-bond donors (Lipinski definition) is 2. The highest BCUT2D eigenvalue weighted by Crippen LogP contribution is 2.19. The number of nitrogens with one attached hydrogen (secondary N) is 1. The summed E-state index contributed by atoms with van der Waals surface area (Å²) in [7, 11) is 3.98. The van der Waals surface area contributed by atoms with E-state index in [1.54, 1.807) is 27.6 Å². The molecular weight excluding hydrogens is 436 g/mol. The molecule has 0 bridgehead atoms. The molecule has 3 aromatic rings. The number of aromatic nitrogens is 4. The van der Waals surface area contributed by atoms with Gasteiger partial charge in [0, 0.05) is 45.0 Å². The lowest BCUT2D eigenvalue weighted by molar-refractivity contribution is -0.139. The summed E-state index contributed by atoms with van der Waals surface area (Å²) >= 11 is 0. The Morgan fingerprint density at radius 1 is 1.24 bits per heavy atom. The minimum absolute atomic E-state index is 0.356. The third-order valence-corrected chi connectivity index (χ3v) is 5.30. The van der Waals surface area contributed by atoms with Gasteiger partial charge < -0.3 is 24.6 Å². The molecule has 1 amide bonds. The van der Waals surface area contributed by atoms with E-state index in [1.807, 2.05) is 56.4 Å². The van der Waals surface area contributed by atoms with E-state index >= 15 is 0 Å². The number of benzene rings is 1. The van der Waals surface area contributed by atoms with Gasteiger partial charge in [0.1, 0.15) is 23.2 Å². The number of carbonyl (C=O) groups excluding carboxylic acids is 1. The molecule has 3 rings (SSSR count). The molecule has 0 aliphatic rings. The number of carbonyl (C=O) groups is 2. The summed E-state index contributed by atoms with van der Waals surface area (Å²) in [6, 6.07) is 10.4. The maximum absolute atomic E-state index is 12.6. The highest BCUT2D eigenvalue weighted by atomic mass is 16.5. The Morgan fingerprint density at radius 2 is 2.06 bits per heavy atom. The predicted octanol–water partition coefficient (Wildman–Crippen LogP) is 2.65. The van der Waals surface area contributed by atoms with E-state index in [0.717, 1.165) is 17.9 Å². The van der Waals surface area contributed by atoms with Crippen LogP contribution in [0.3, 0.4) is 0 Å². The lowest BCUT2D eigenvalue weighted by Crippen LogP contribution is -2.41. The lowest BCUT2D eigenvalue weighted by atomic mass is 10.1. The first-order valence-electron chi connectivity index (χ1n) is 11.4. The van der Waals surface area contributed by atoms with Crippen LogP contribution in [0.25, 0.3) is 0 Å². The number of rotatable bonds is 13. The molecule has 34 heavy (non-hydrogen) atoms. The van der Waals surface area contributed by atoms with Gasteiger partial charge in [0.15, 0.2) is 0 Å². The van der Waals surface area contributed by atoms with Gasteiger partial charge in [-0.15, -0.1) is 5.10 Å². The van der Waals surface area contributed by atoms with Crippen LogP contribution in [0.2, 0.25) is 0 Å². The Hall–Kier alpha value is -3.82. The molecule has 0 radical (unpaired) electrons. The number of amides is 1. The summed E-state index contributed by atoms with van der Waals surface area (Å²) in [4.78, 5) is 26.0. The van der Waals surface area contributed by atoms with Crippen LogP contribution < -0.4 is 15.0 Å². The van der Waals surface area contributed by atoms with Crippen molar-refractivity contribution in [1.82, 2.24) is 24.9 Å². The number of aliphatic carboxylic acids is 1. The van der Waals surface area contributed by atoms with Crippen LogP contribution in [0.15, 0.2) is 48.8 Å². The molecule has 2 N–H and O–H groups in total. The number of aryl methyl sites for hydroxylation is 1. The van der Waals surface area contributed by atoms with E-state index in [0.29, 0.717) is 43.9 Å². The maximum atomic E-state index is 12.6. The molecule has 0 spiro atoms. The van der Waals surface area contributed by atoms with Crippen molar-refractivity contribution < 1.29 is 19.4 Å². The molecule has 1 aromatic carbocycles. The fraction of sp³-hybridized carbons (Fsp3) is 0.417. The highest BCUT2D eigenvalue weighted by molar-refractivity contribution is 5.95. The second-order valence-corrected chi connectivity index (χ2v) is 8.24. The quantitative estimate of drug-likeness (QED) is 0.371. The van der Waals surface area contributed by atoms with Crippen LogP contribution >= 0.6 is 0 Å². The minimum Gasteiger partial charge on any atom is -0.493 e. The van der Waals surface area contributed by atoms with Crippen LogP contribution in [-0.2, 0) is 17.9 Å². The molecule has 0 aliphatic heterocycles. The van der Waals surface area contributed by atoms with E-state index in [9.17, 15) is 14.7 Å². The fourth-order valence-electron chi connectivity index (χ4n) is 3.50. The van der Waals surface area contributed by atoms with Gasteiger partial charge in [0.05, 0.1) is 19.3 Å². The van der Waals surface area contributed by atoms with Gasteiger partial charge in [-0.25, -0.2) is 4.79 Å². The van der Waals surface area contributed by atoms with Gasteiger partial charge in [0.25, 0.3) is 5.91 Å². The van der Waals surface area contributed by atoms with Crippen LogP contribution in [0.1, 0.15) is 42.4 Å². The number of carboxylic acids is 1. The zero-order valence-electron chi connectivity index (χ0n) is 19.8. The van der Waals surface area contributed by atoms with E-state index in [1.165, 1.54) is 0 Å². The summed E-state index contributed by atoms with van der Waals surface area (Å²) in [5.41, 5.74) is 2.17. The van der Waals surface area contributed by atoms with Gasteiger partial charge in [-0.1, -0.05) is 24.6 Å². The second kappa shape index (κ2) is 11.9. The average molecular weight is 469 g/mol. The minimum atomic E-state index is -1.04. The van der Waals surface area contributed by atoms with Crippen LogP contribution in [0, 0.1) is 0 Å². The Balaban J connectivity index is 1.51. The lowest BCUT2D eigenvalue weighted by Gasteiger charge is -2.14. The third-order valence-electron chi connectivity index (χ3n) is 5.30. The first kappa shape index (κ1) is 24.8. The van der Waals surface area contributed by atoms with Gasteiger partial charge in [-0.05, 0) is 30.7 Å². The SMILES string of the molecule is CCC[C@H](NC(=O)c1cccn1Cc1cn(CCCOc2cccc(N(C)C)c2)nn1)C(=O)O. The van der Waals surface area contributed by atoms with Crippen molar-refractivity contribution in [3.8, 4) is 5.75 Å². The first-order chi connectivity index (χ1) is 16.4. The molecule has 0 fully saturated rings. The van der Waals surface area contributed by atoms with Crippen LogP contribution in [0.4, 0.5) is 5.69 Å². The van der Waals surface area contributed by atoms with E-state index in [-0.39, 0.29) is 0 Å². The van der Waals surface area contributed by atoms with Gasteiger partial charge >= 0.3 is 5.97 Å². The van der Waals surface area contributed by atoms with Crippen LogP contribution in [0.5, 0.6) is 5.75 Å². The van der Waals surface area contributed by atoms with Gasteiger partial charge in [0.2, 0.25) is 0 Å². The average Bonchev–Trinajstić information content (AvgIpc) is 3.46. The molecule has 10 nitrogen and oxygen atoms in total. The van der Waals surface area contributed by atoms with Crippen LogP contribution in [-0.4, -0.2) is 63.3 Å². The summed E-state index contributed by atoms with van der Waals surface area (Å²) in [5.74, 6) is -0.632. The molecular formula is C24H32N6O4. The summed E-state index contributed by atoms with van der Waals surface area (Å²) < 4.78 is 9.32.